The van der Waals surface area contributed by atoms with Crippen LogP contribution in [0.15, 0.2) is 12.1 Å². The molecule has 1 saturated heterocycles. The molecule has 0 spiro atoms. The first-order valence-corrected chi connectivity index (χ1v) is 6.96. The number of hydrogen-bond donors (Lipinski definition) is 1. The first-order chi connectivity index (χ1) is 9.45. The van der Waals surface area contributed by atoms with Crippen molar-refractivity contribution in [1.82, 2.24) is 4.98 Å². The van der Waals surface area contributed by atoms with Crippen molar-refractivity contribution in [1.29, 1.82) is 0 Å². The normalized spacial score (nSPS) is 23.4. The zero-order chi connectivity index (χ0) is 14.8. The fourth-order valence-electron chi connectivity index (χ4n) is 2.64. The summed E-state index contributed by atoms with van der Waals surface area (Å²) >= 11 is 0. The van der Waals surface area contributed by atoms with Gasteiger partial charge < -0.3 is 14.7 Å². The predicted molar refractivity (Wildman–Crippen MR) is 77.4 cm³/mol. The Bertz CT molecular complexity index is 504. The first-order valence-electron chi connectivity index (χ1n) is 6.96. The van der Waals surface area contributed by atoms with E-state index in [4.69, 9.17) is 9.84 Å². The quantitative estimate of drug-likeness (QED) is 0.920. The third kappa shape index (κ3) is 3.10. The van der Waals surface area contributed by atoms with E-state index in [-0.39, 0.29) is 11.2 Å². The molecule has 1 fully saturated rings. The molecule has 2 rings (SSSR count). The standard InChI is InChI=1S/C15H22N2O3/c1-11-12(14(18)19)5-6-13(16-11)17-9-4-7-15(2,20-3)8-10-17/h5-6H,4,7-10H2,1-3H3,(H,18,19). The molecule has 0 saturated carbocycles. The SMILES string of the molecule is COC1(C)CCCN(c2ccc(C(=O)O)c(C)n2)CC1. The summed E-state index contributed by atoms with van der Waals surface area (Å²) in [4.78, 5) is 17.7. The number of carboxylic acid groups (broad SMARTS) is 1. The molecule has 1 aliphatic heterocycles. The summed E-state index contributed by atoms with van der Waals surface area (Å²) in [5, 5.41) is 9.04. The lowest BCUT2D eigenvalue weighted by molar-refractivity contribution is -0.00330. The number of aromatic nitrogens is 1. The lowest BCUT2D eigenvalue weighted by atomic mass is 9.97. The number of rotatable bonds is 3. The Hall–Kier alpha value is -1.62. The van der Waals surface area contributed by atoms with Crippen molar-refractivity contribution in [2.75, 3.05) is 25.1 Å². The maximum Gasteiger partial charge on any atom is 0.337 e. The molecule has 1 aromatic rings. The van der Waals surface area contributed by atoms with Crippen LogP contribution in [0.1, 0.15) is 42.2 Å². The van der Waals surface area contributed by atoms with E-state index in [2.05, 4.69) is 16.8 Å². The average Bonchev–Trinajstić information content (AvgIpc) is 2.61. The van der Waals surface area contributed by atoms with E-state index in [9.17, 15) is 4.79 Å². The van der Waals surface area contributed by atoms with E-state index >= 15 is 0 Å². The second-order valence-corrected chi connectivity index (χ2v) is 5.60. The van der Waals surface area contributed by atoms with E-state index in [0.29, 0.717) is 5.69 Å². The number of methoxy groups -OCH3 is 1. The molecule has 0 aliphatic carbocycles. The van der Waals surface area contributed by atoms with Gasteiger partial charge in [-0.15, -0.1) is 0 Å². The Kier molecular flexibility index (Phi) is 4.28. The lowest BCUT2D eigenvalue weighted by Crippen LogP contribution is -2.30. The monoisotopic (exact) mass is 278 g/mol. The highest BCUT2D eigenvalue weighted by molar-refractivity contribution is 5.89. The van der Waals surface area contributed by atoms with Gasteiger partial charge in [0.15, 0.2) is 0 Å². The highest BCUT2D eigenvalue weighted by atomic mass is 16.5. The highest BCUT2D eigenvalue weighted by Crippen LogP contribution is 2.27. The lowest BCUT2D eigenvalue weighted by Gasteiger charge is -2.27. The highest BCUT2D eigenvalue weighted by Gasteiger charge is 2.28. The Balaban J connectivity index is 2.16. The smallest absolute Gasteiger partial charge is 0.337 e. The number of aryl methyl sites for hydroxylation is 1. The van der Waals surface area contributed by atoms with Crippen LogP contribution in [0.3, 0.4) is 0 Å². The molecular formula is C15H22N2O3. The van der Waals surface area contributed by atoms with Gasteiger partial charge in [0.25, 0.3) is 0 Å². The van der Waals surface area contributed by atoms with E-state index in [0.717, 1.165) is 38.2 Å². The van der Waals surface area contributed by atoms with Crippen molar-refractivity contribution < 1.29 is 14.6 Å². The number of ether oxygens (including phenoxy) is 1. The van der Waals surface area contributed by atoms with Crippen molar-refractivity contribution in [2.45, 2.75) is 38.7 Å². The van der Waals surface area contributed by atoms with Gasteiger partial charge in [-0.1, -0.05) is 0 Å². The predicted octanol–water partition coefficient (Wildman–Crippen LogP) is 2.48. The molecule has 2 heterocycles. The van der Waals surface area contributed by atoms with Crippen LogP contribution in [0, 0.1) is 6.92 Å². The summed E-state index contributed by atoms with van der Waals surface area (Å²) in [6.07, 6.45) is 3.03. The van der Waals surface area contributed by atoms with Gasteiger partial charge in [0.1, 0.15) is 5.82 Å². The van der Waals surface area contributed by atoms with E-state index in [1.165, 1.54) is 0 Å². The molecule has 110 valence electrons. The Morgan fingerprint density at radius 1 is 1.40 bits per heavy atom. The van der Waals surface area contributed by atoms with Crippen molar-refractivity contribution in [3.05, 3.63) is 23.4 Å². The van der Waals surface area contributed by atoms with E-state index in [1.807, 2.05) is 0 Å². The van der Waals surface area contributed by atoms with E-state index < -0.39 is 5.97 Å². The zero-order valence-electron chi connectivity index (χ0n) is 12.3. The Morgan fingerprint density at radius 2 is 2.15 bits per heavy atom. The van der Waals surface area contributed by atoms with Gasteiger partial charge in [-0.3, -0.25) is 0 Å². The molecule has 5 heteroatoms. The van der Waals surface area contributed by atoms with Crippen molar-refractivity contribution in [2.24, 2.45) is 0 Å². The molecule has 1 aliphatic rings. The Morgan fingerprint density at radius 3 is 2.75 bits per heavy atom. The minimum absolute atomic E-state index is 0.0647. The number of hydrogen-bond acceptors (Lipinski definition) is 4. The zero-order valence-corrected chi connectivity index (χ0v) is 12.3. The van der Waals surface area contributed by atoms with Gasteiger partial charge in [-0.25, -0.2) is 9.78 Å². The van der Waals surface area contributed by atoms with Gasteiger partial charge >= 0.3 is 5.97 Å². The number of pyridine rings is 1. The van der Waals surface area contributed by atoms with Crippen LogP contribution in [-0.4, -0.2) is 41.9 Å². The molecule has 1 N–H and O–H groups in total. The number of carboxylic acids is 1. The molecule has 20 heavy (non-hydrogen) atoms. The van der Waals surface area contributed by atoms with Crippen LogP contribution in [0.5, 0.6) is 0 Å². The molecular weight excluding hydrogens is 256 g/mol. The summed E-state index contributed by atoms with van der Waals surface area (Å²) in [7, 11) is 1.76. The summed E-state index contributed by atoms with van der Waals surface area (Å²) in [6, 6.07) is 3.44. The van der Waals surface area contributed by atoms with Crippen LogP contribution in [0.2, 0.25) is 0 Å². The molecule has 1 aromatic heterocycles. The van der Waals surface area contributed by atoms with Gasteiger partial charge in [0.05, 0.1) is 16.9 Å². The minimum atomic E-state index is -0.927. The van der Waals surface area contributed by atoms with Crippen LogP contribution in [0.25, 0.3) is 0 Å². The fourth-order valence-corrected chi connectivity index (χ4v) is 2.64. The number of anilines is 1. The number of aromatic carboxylic acids is 1. The summed E-state index contributed by atoms with van der Waals surface area (Å²) in [5.41, 5.74) is 0.768. The van der Waals surface area contributed by atoms with Crippen LogP contribution >= 0.6 is 0 Å². The molecule has 0 bridgehead atoms. The fraction of sp³-hybridized carbons (Fsp3) is 0.600. The average molecular weight is 278 g/mol. The van der Waals surface area contributed by atoms with Gasteiger partial charge in [-0.2, -0.15) is 0 Å². The number of carbonyl (C=O) groups is 1. The summed E-state index contributed by atoms with van der Waals surface area (Å²) in [6.45, 7) is 5.69. The second-order valence-electron chi connectivity index (χ2n) is 5.60. The van der Waals surface area contributed by atoms with Crippen LogP contribution < -0.4 is 4.90 Å². The maximum atomic E-state index is 11.0. The summed E-state index contributed by atoms with van der Waals surface area (Å²) in [5.74, 6) is -0.0720. The largest absolute Gasteiger partial charge is 0.478 e. The van der Waals surface area contributed by atoms with Gasteiger partial charge in [0, 0.05) is 20.2 Å². The van der Waals surface area contributed by atoms with Crippen molar-refractivity contribution in [3.63, 3.8) is 0 Å². The summed E-state index contributed by atoms with van der Waals surface area (Å²) < 4.78 is 5.59. The van der Waals surface area contributed by atoms with Crippen LogP contribution in [-0.2, 0) is 4.74 Å². The minimum Gasteiger partial charge on any atom is -0.478 e. The van der Waals surface area contributed by atoms with E-state index in [1.54, 1.807) is 26.2 Å². The maximum absolute atomic E-state index is 11.0. The topological polar surface area (TPSA) is 62.7 Å². The molecule has 1 unspecified atom stereocenters. The molecule has 1 atom stereocenters. The molecule has 0 radical (unpaired) electrons. The van der Waals surface area contributed by atoms with Gasteiger partial charge in [0.2, 0.25) is 0 Å². The Labute approximate surface area is 119 Å². The number of nitrogens with zero attached hydrogens (tertiary/aromatic N) is 2. The third-order valence-electron chi connectivity index (χ3n) is 4.16. The molecule has 5 nitrogen and oxygen atoms in total. The van der Waals surface area contributed by atoms with Crippen molar-refractivity contribution >= 4 is 11.8 Å². The molecule has 0 amide bonds. The first kappa shape index (κ1) is 14.8. The third-order valence-corrected chi connectivity index (χ3v) is 4.16. The van der Waals surface area contributed by atoms with Crippen molar-refractivity contribution in [3.8, 4) is 0 Å². The van der Waals surface area contributed by atoms with Crippen LogP contribution in [0.4, 0.5) is 5.82 Å². The second kappa shape index (κ2) is 5.79. The molecule has 0 aromatic carbocycles. The van der Waals surface area contributed by atoms with Gasteiger partial charge in [-0.05, 0) is 45.2 Å².